The third kappa shape index (κ3) is 10.3. The van der Waals surface area contributed by atoms with E-state index in [1.807, 2.05) is 85.4 Å². The van der Waals surface area contributed by atoms with Crippen molar-refractivity contribution in [2.24, 2.45) is 0 Å². The van der Waals surface area contributed by atoms with Crippen molar-refractivity contribution in [3.8, 4) is 11.1 Å². The maximum atomic E-state index is 5.82. The van der Waals surface area contributed by atoms with E-state index >= 15 is 0 Å². The van der Waals surface area contributed by atoms with Gasteiger partial charge in [-0.15, -0.1) is 0 Å². The summed E-state index contributed by atoms with van der Waals surface area (Å²) in [5.74, 6) is 0. The summed E-state index contributed by atoms with van der Waals surface area (Å²) in [6, 6.07) is 28.6. The van der Waals surface area contributed by atoms with E-state index in [2.05, 4.69) is 125 Å². The lowest BCUT2D eigenvalue weighted by molar-refractivity contribution is 0.176. The van der Waals surface area contributed by atoms with Crippen LogP contribution < -0.4 is 0 Å². The van der Waals surface area contributed by atoms with Crippen LogP contribution in [0.4, 0.5) is 0 Å². The molecule has 0 atom stereocenters. The molecule has 0 saturated heterocycles. The second-order valence-corrected chi connectivity index (χ2v) is 12.6. The summed E-state index contributed by atoms with van der Waals surface area (Å²) in [5.41, 5.74) is 7.38. The van der Waals surface area contributed by atoms with E-state index in [-0.39, 0.29) is 0 Å². The van der Waals surface area contributed by atoms with Gasteiger partial charge in [-0.1, -0.05) is 132 Å². The lowest BCUT2D eigenvalue weighted by Crippen LogP contribution is -1.94. The highest BCUT2D eigenvalue weighted by atomic mass is 127. The molecule has 11 heteroatoms. The fourth-order valence-corrected chi connectivity index (χ4v) is 7.06. The Morgan fingerprint density at radius 2 is 1.23 bits per heavy atom. The highest BCUT2D eigenvalue weighted by Crippen LogP contribution is 2.40. The number of hydrogen-bond acceptors (Lipinski definition) is 5. The zero-order valence-electron chi connectivity index (χ0n) is 27.8. The molecule has 0 aliphatic heterocycles. The molecule has 0 unspecified atom stereocenters. The summed E-state index contributed by atoms with van der Waals surface area (Å²) in [7, 11) is -1.06. The van der Waals surface area contributed by atoms with E-state index in [4.69, 9.17) is 22.4 Å². The van der Waals surface area contributed by atoms with Gasteiger partial charge in [-0.3, -0.25) is 0 Å². The third-order valence-corrected chi connectivity index (χ3v) is 9.51. The molecule has 0 amide bonds. The smallest absolute Gasteiger partial charge is 0.332 e. The summed E-state index contributed by atoms with van der Waals surface area (Å²) >= 11 is 11.5. The molecule has 256 valence electrons. The summed E-state index contributed by atoms with van der Waals surface area (Å²) in [6.07, 6.45) is 1.83. The molecule has 3 heterocycles. The second kappa shape index (κ2) is 21.6. The van der Waals surface area contributed by atoms with E-state index < -0.39 is 8.60 Å². The Hall–Kier alpha value is -1.51. The number of aryl methyl sites for hydroxylation is 1. The largest absolute Gasteiger partial charge is 0.464 e. The predicted octanol–water partition coefficient (Wildman–Crippen LogP) is 14.4. The maximum absolute atomic E-state index is 5.82. The van der Waals surface area contributed by atoms with Crippen LogP contribution >= 0.6 is 85.6 Å². The van der Waals surface area contributed by atoms with Crippen LogP contribution in [0.1, 0.15) is 26.3 Å². The average Bonchev–Trinajstić information content (AvgIpc) is 3.80. The maximum Gasteiger partial charge on any atom is 0.332 e. The minimum absolute atomic E-state index is 0.645. The number of rotatable bonds is 7. The van der Waals surface area contributed by atoms with Crippen LogP contribution in [0.25, 0.3) is 55.1 Å². The molecule has 4 aromatic carbocycles. The second-order valence-electron chi connectivity index (χ2n) is 9.64. The summed E-state index contributed by atoms with van der Waals surface area (Å²) in [6.45, 7) is 9.82. The molecule has 7 aromatic rings. The van der Waals surface area contributed by atoms with Crippen LogP contribution in [0.2, 0.25) is 0 Å². The number of fused-ring (bicyclic) bond motifs is 6. The first kappa shape index (κ1) is 40.9. The third-order valence-electron chi connectivity index (χ3n) is 6.78. The number of alkyl halides is 2. The van der Waals surface area contributed by atoms with Crippen LogP contribution in [-0.2, 0) is 13.6 Å². The van der Waals surface area contributed by atoms with Gasteiger partial charge in [0.15, 0.2) is 0 Å². The molecule has 0 bridgehead atoms. The fourth-order valence-electron chi connectivity index (χ4n) is 4.96. The van der Waals surface area contributed by atoms with Crippen molar-refractivity contribution in [3.05, 3.63) is 106 Å². The Kier molecular flexibility index (Phi) is 18.5. The van der Waals surface area contributed by atoms with Crippen molar-refractivity contribution in [1.82, 2.24) is 4.98 Å². The highest BCUT2D eigenvalue weighted by Gasteiger charge is 2.15. The number of furan rings is 2. The van der Waals surface area contributed by atoms with Gasteiger partial charge in [0.1, 0.15) is 11.2 Å². The normalized spacial score (nSPS) is 10.6. The van der Waals surface area contributed by atoms with Crippen LogP contribution in [0.15, 0.2) is 109 Å². The number of aromatic nitrogens is 1. The van der Waals surface area contributed by atoms with Gasteiger partial charge in [-0.2, -0.15) is 0 Å². The van der Waals surface area contributed by atoms with E-state index in [1.54, 1.807) is 0 Å². The van der Waals surface area contributed by atoms with Gasteiger partial charge in [0.2, 0.25) is 5.71 Å². The first-order valence-electron chi connectivity index (χ1n) is 15.2. The number of nitrogens with one attached hydrogen (secondary N) is 1. The van der Waals surface area contributed by atoms with Crippen molar-refractivity contribution in [1.29, 1.82) is 0 Å². The molecule has 0 radical (unpaired) electrons. The molecule has 0 saturated carbocycles. The van der Waals surface area contributed by atoms with Gasteiger partial charge in [0, 0.05) is 36.2 Å². The van der Waals surface area contributed by atoms with Crippen molar-refractivity contribution >= 4 is 130 Å². The topological polar surface area (TPSA) is 69.8 Å². The SMILES string of the molecule is Brc1cccc2[nH]c3oc4ccccc4c3c12.CCOP(OCC)OCC.CI.CI.Cc1cccc(Br)c1-c1coc2ccccc12. The van der Waals surface area contributed by atoms with Gasteiger partial charge in [-0.05, 0) is 73.5 Å². The van der Waals surface area contributed by atoms with Gasteiger partial charge in [-0.25, -0.2) is 0 Å². The molecule has 3 aromatic heterocycles. The Bertz CT molecular complexity index is 1960. The molecule has 0 fully saturated rings. The molecule has 1 N–H and O–H groups in total. The van der Waals surface area contributed by atoms with E-state index in [0.717, 1.165) is 53.1 Å². The van der Waals surface area contributed by atoms with Crippen molar-refractivity contribution in [2.75, 3.05) is 29.7 Å². The number of aromatic amines is 1. The molecule has 0 spiro atoms. The van der Waals surface area contributed by atoms with Crippen LogP contribution in [-0.4, -0.2) is 34.7 Å². The monoisotopic (exact) mass is 1020 g/mol. The van der Waals surface area contributed by atoms with Crippen molar-refractivity contribution in [2.45, 2.75) is 27.7 Å². The van der Waals surface area contributed by atoms with Crippen LogP contribution in [0, 0.1) is 6.92 Å². The highest BCUT2D eigenvalue weighted by molar-refractivity contribution is 14.1. The molecule has 0 aliphatic rings. The van der Waals surface area contributed by atoms with Crippen LogP contribution in [0.5, 0.6) is 0 Å². The van der Waals surface area contributed by atoms with Gasteiger partial charge >= 0.3 is 8.60 Å². The van der Waals surface area contributed by atoms with E-state index in [9.17, 15) is 0 Å². The summed E-state index contributed by atoms with van der Waals surface area (Å²) < 4.78 is 29.0. The summed E-state index contributed by atoms with van der Waals surface area (Å²) in [5, 5.41) is 4.65. The Morgan fingerprint density at radius 1 is 0.667 bits per heavy atom. The number of H-pyrrole nitrogens is 1. The number of benzene rings is 4. The standard InChI is InChI=1S/C15H11BrO.C14H8BrNO.C6H15O3P.2CH3I/c1-10-5-4-7-13(16)15(10)12-9-17-14-8-3-2-6-11(12)14;15-9-5-3-6-10-13(9)12-8-4-1-2-7-11(8)17-14(12)16-10;1-4-7-10(8-5-2)9-6-3;2*1-2/h2-9H,1H3;1-7,16H;4-6H2,1-3H3;2*1H3. The average molecular weight is 1020 g/mol. The fraction of sp³-hybridized carbons (Fsp3) is 0.243. The lowest BCUT2D eigenvalue weighted by Gasteiger charge is -2.12. The molecular formula is C37H40Br2I2NO5P. The van der Waals surface area contributed by atoms with Crippen molar-refractivity contribution < 1.29 is 22.4 Å². The first-order chi connectivity index (χ1) is 23.5. The number of para-hydroxylation sites is 2. The molecule has 7 rings (SSSR count). The predicted molar refractivity (Wildman–Crippen MR) is 229 cm³/mol. The van der Waals surface area contributed by atoms with Gasteiger partial charge in [0.05, 0.1) is 37.0 Å². The summed E-state index contributed by atoms with van der Waals surface area (Å²) in [4.78, 5) is 7.25. The Labute approximate surface area is 328 Å². The zero-order chi connectivity index (χ0) is 35.1. The molecular weight excluding hydrogens is 983 g/mol. The van der Waals surface area contributed by atoms with Gasteiger partial charge < -0.3 is 27.4 Å². The van der Waals surface area contributed by atoms with Crippen LogP contribution in [0.3, 0.4) is 0 Å². The molecule has 6 nitrogen and oxygen atoms in total. The lowest BCUT2D eigenvalue weighted by atomic mass is 10.0. The minimum atomic E-state index is -1.06. The Morgan fingerprint density at radius 3 is 1.85 bits per heavy atom. The van der Waals surface area contributed by atoms with E-state index in [0.29, 0.717) is 19.8 Å². The van der Waals surface area contributed by atoms with Crippen molar-refractivity contribution in [3.63, 3.8) is 0 Å². The molecule has 48 heavy (non-hydrogen) atoms. The quantitative estimate of drug-likeness (QED) is 0.0979. The van der Waals surface area contributed by atoms with E-state index in [1.165, 1.54) is 16.5 Å². The molecule has 0 aliphatic carbocycles. The first-order valence-corrected chi connectivity index (χ1v) is 22.2. The van der Waals surface area contributed by atoms with Gasteiger partial charge in [0.25, 0.3) is 0 Å². The number of hydrogen-bond donors (Lipinski definition) is 1. The zero-order valence-corrected chi connectivity index (χ0v) is 36.2. The minimum Gasteiger partial charge on any atom is -0.464 e. The Balaban J connectivity index is 0.000000192. The number of halogens is 4.